The van der Waals surface area contributed by atoms with Crippen LogP contribution in [0.25, 0.3) is 44.5 Å². The quantitative estimate of drug-likeness (QED) is 0.183. The fourth-order valence-corrected chi connectivity index (χ4v) is 8.55. The normalized spacial score (nSPS) is 14.4. The van der Waals surface area contributed by atoms with Crippen molar-refractivity contribution in [1.29, 1.82) is 0 Å². The summed E-state index contributed by atoms with van der Waals surface area (Å²) in [4.78, 5) is 2.49. The van der Waals surface area contributed by atoms with Crippen LogP contribution in [0.15, 0.2) is 164 Å². The molecule has 1 nitrogen and oxygen atoms in total. The molecule has 236 valence electrons. The molecule has 0 aliphatic heterocycles. The Bertz CT molecular complexity index is 2370. The highest BCUT2D eigenvalue weighted by molar-refractivity contribution is 5.99. The molecule has 2 aliphatic rings. The van der Waals surface area contributed by atoms with E-state index in [0.29, 0.717) is 0 Å². The molecule has 49 heavy (non-hydrogen) atoms. The van der Waals surface area contributed by atoms with E-state index in [2.05, 4.69) is 196 Å². The lowest BCUT2D eigenvalue weighted by molar-refractivity contribution is 0.660. The van der Waals surface area contributed by atoms with Crippen molar-refractivity contribution >= 4 is 17.1 Å². The second kappa shape index (κ2) is 10.9. The Kier molecular flexibility index (Phi) is 6.58. The van der Waals surface area contributed by atoms with Crippen molar-refractivity contribution in [3.63, 3.8) is 0 Å². The van der Waals surface area contributed by atoms with E-state index in [0.717, 1.165) is 5.69 Å². The maximum Gasteiger partial charge on any atom is 0.0543 e. The van der Waals surface area contributed by atoms with Crippen molar-refractivity contribution < 1.29 is 0 Å². The van der Waals surface area contributed by atoms with Gasteiger partial charge in [0.2, 0.25) is 0 Å². The molecule has 0 amide bonds. The summed E-state index contributed by atoms with van der Waals surface area (Å²) >= 11 is 0. The molecular formula is C48H39N. The minimum absolute atomic E-state index is 0.0953. The number of nitrogens with zero attached hydrogens (tertiary/aromatic N) is 1. The average Bonchev–Trinajstić information content (AvgIpc) is 3.51. The predicted molar refractivity (Wildman–Crippen MR) is 207 cm³/mol. The van der Waals surface area contributed by atoms with Gasteiger partial charge in [-0.2, -0.15) is 0 Å². The molecular weight excluding hydrogens is 591 g/mol. The largest absolute Gasteiger partial charge is 0.310 e. The van der Waals surface area contributed by atoms with E-state index in [1.807, 2.05) is 0 Å². The third-order valence-corrected chi connectivity index (χ3v) is 11.1. The Morgan fingerprint density at radius 3 is 1.59 bits per heavy atom. The maximum atomic E-state index is 2.49. The van der Waals surface area contributed by atoms with E-state index in [1.54, 1.807) is 0 Å². The topological polar surface area (TPSA) is 3.24 Å². The zero-order valence-electron chi connectivity index (χ0n) is 28.5. The minimum Gasteiger partial charge on any atom is -0.310 e. The van der Waals surface area contributed by atoms with Crippen LogP contribution < -0.4 is 4.90 Å². The Morgan fingerprint density at radius 1 is 0.347 bits per heavy atom. The van der Waals surface area contributed by atoms with Crippen LogP contribution in [0.3, 0.4) is 0 Å². The number of hydrogen-bond acceptors (Lipinski definition) is 1. The molecule has 0 radical (unpaired) electrons. The predicted octanol–water partition coefficient (Wildman–Crippen LogP) is 13.1. The van der Waals surface area contributed by atoms with Crippen LogP contribution in [0.2, 0.25) is 0 Å². The standard InChI is InChI=1S/C48H39N/c1-47(2)41-25-15-14-23-37(41)38-28-27-35(29-43(38)47)49(34-21-12-7-13-22-34)45-31-44-40(30-39(45)33-19-10-6-11-20-33)46-36(32-17-8-5-9-18-32)24-16-26-42(46)48(44,3)4/h5-31H,1-4H3. The highest BCUT2D eigenvalue weighted by Crippen LogP contribution is 2.56. The van der Waals surface area contributed by atoms with Crippen molar-refractivity contribution in [1.82, 2.24) is 0 Å². The summed E-state index contributed by atoms with van der Waals surface area (Å²) in [5.41, 5.74) is 19.0. The van der Waals surface area contributed by atoms with Gasteiger partial charge in [-0.15, -0.1) is 0 Å². The lowest BCUT2D eigenvalue weighted by Gasteiger charge is -2.31. The molecule has 0 N–H and O–H groups in total. The lowest BCUT2D eigenvalue weighted by atomic mass is 9.81. The smallest absolute Gasteiger partial charge is 0.0543 e. The zero-order chi connectivity index (χ0) is 33.3. The van der Waals surface area contributed by atoms with E-state index < -0.39 is 0 Å². The van der Waals surface area contributed by atoms with Gasteiger partial charge < -0.3 is 4.90 Å². The number of fused-ring (bicyclic) bond motifs is 6. The zero-order valence-corrected chi connectivity index (χ0v) is 28.5. The van der Waals surface area contributed by atoms with Gasteiger partial charge in [0.1, 0.15) is 0 Å². The van der Waals surface area contributed by atoms with Crippen LogP contribution in [-0.2, 0) is 10.8 Å². The van der Waals surface area contributed by atoms with Crippen molar-refractivity contribution in [2.24, 2.45) is 0 Å². The van der Waals surface area contributed by atoms with Gasteiger partial charge in [0.15, 0.2) is 0 Å². The molecule has 0 fully saturated rings. The summed E-state index contributed by atoms with van der Waals surface area (Å²) in [6, 6.07) is 60.5. The van der Waals surface area contributed by atoms with E-state index in [4.69, 9.17) is 0 Å². The van der Waals surface area contributed by atoms with Gasteiger partial charge in [-0.1, -0.05) is 155 Å². The minimum atomic E-state index is -0.177. The first kappa shape index (κ1) is 29.5. The fourth-order valence-electron chi connectivity index (χ4n) is 8.55. The first-order chi connectivity index (χ1) is 23.8. The Hall–Kier alpha value is -5.66. The summed E-state index contributed by atoms with van der Waals surface area (Å²) < 4.78 is 0. The SMILES string of the molecule is CC1(C)c2ccccc2-c2ccc(N(c3ccccc3)c3cc4c(cc3-c3ccccc3)-c3c(-c5ccccc5)cccc3C4(C)C)cc21. The monoisotopic (exact) mass is 629 g/mol. The first-order valence-corrected chi connectivity index (χ1v) is 17.4. The van der Waals surface area contributed by atoms with Gasteiger partial charge in [0.05, 0.1) is 5.69 Å². The van der Waals surface area contributed by atoms with Gasteiger partial charge in [-0.25, -0.2) is 0 Å². The first-order valence-electron chi connectivity index (χ1n) is 17.4. The van der Waals surface area contributed by atoms with Crippen molar-refractivity contribution in [2.75, 3.05) is 4.90 Å². The maximum absolute atomic E-state index is 2.49. The molecule has 7 aromatic carbocycles. The van der Waals surface area contributed by atoms with E-state index >= 15 is 0 Å². The van der Waals surface area contributed by atoms with Crippen LogP contribution in [0, 0.1) is 0 Å². The highest BCUT2D eigenvalue weighted by Gasteiger charge is 2.39. The second-order valence-electron chi connectivity index (χ2n) is 14.6. The average molecular weight is 630 g/mol. The van der Waals surface area contributed by atoms with Crippen LogP contribution >= 0.6 is 0 Å². The van der Waals surface area contributed by atoms with Gasteiger partial charge in [-0.3, -0.25) is 0 Å². The summed E-state index contributed by atoms with van der Waals surface area (Å²) in [7, 11) is 0. The molecule has 0 heterocycles. The molecule has 0 saturated carbocycles. The summed E-state index contributed by atoms with van der Waals surface area (Å²) in [6.07, 6.45) is 0. The van der Waals surface area contributed by atoms with Gasteiger partial charge >= 0.3 is 0 Å². The molecule has 9 rings (SSSR count). The van der Waals surface area contributed by atoms with Crippen molar-refractivity contribution in [3.8, 4) is 44.5 Å². The number of para-hydroxylation sites is 1. The Morgan fingerprint density at radius 2 is 0.878 bits per heavy atom. The van der Waals surface area contributed by atoms with Crippen molar-refractivity contribution in [3.05, 3.63) is 186 Å². The highest BCUT2D eigenvalue weighted by atomic mass is 15.1. The molecule has 0 spiro atoms. The molecule has 0 unspecified atom stereocenters. The molecule has 0 bridgehead atoms. The van der Waals surface area contributed by atoms with Crippen molar-refractivity contribution in [2.45, 2.75) is 38.5 Å². The summed E-state index contributed by atoms with van der Waals surface area (Å²) in [5, 5.41) is 0. The molecule has 0 atom stereocenters. The number of benzene rings is 7. The molecule has 1 heteroatoms. The Labute approximate surface area is 290 Å². The van der Waals surface area contributed by atoms with Gasteiger partial charge in [0, 0.05) is 27.8 Å². The second-order valence-corrected chi connectivity index (χ2v) is 14.6. The van der Waals surface area contributed by atoms with Crippen LogP contribution in [0.4, 0.5) is 17.1 Å². The molecule has 2 aliphatic carbocycles. The van der Waals surface area contributed by atoms with E-state index in [1.165, 1.54) is 78.1 Å². The lowest BCUT2D eigenvalue weighted by Crippen LogP contribution is -2.18. The van der Waals surface area contributed by atoms with Gasteiger partial charge in [-0.05, 0) is 97.6 Å². The Balaban J connectivity index is 1.32. The van der Waals surface area contributed by atoms with E-state index in [9.17, 15) is 0 Å². The van der Waals surface area contributed by atoms with Crippen LogP contribution in [-0.4, -0.2) is 0 Å². The molecule has 7 aromatic rings. The fraction of sp³-hybridized carbons (Fsp3) is 0.125. The number of anilines is 3. The summed E-state index contributed by atoms with van der Waals surface area (Å²) in [5.74, 6) is 0. The van der Waals surface area contributed by atoms with Crippen LogP contribution in [0.1, 0.15) is 49.9 Å². The van der Waals surface area contributed by atoms with Crippen LogP contribution in [0.5, 0.6) is 0 Å². The van der Waals surface area contributed by atoms with Gasteiger partial charge in [0.25, 0.3) is 0 Å². The molecule has 0 aromatic heterocycles. The number of rotatable bonds is 5. The molecule has 0 saturated heterocycles. The third kappa shape index (κ3) is 4.46. The van der Waals surface area contributed by atoms with E-state index in [-0.39, 0.29) is 10.8 Å². The third-order valence-electron chi connectivity index (χ3n) is 11.1. The number of hydrogen-bond donors (Lipinski definition) is 0. The summed E-state index contributed by atoms with van der Waals surface area (Å²) in [6.45, 7) is 9.51.